The summed E-state index contributed by atoms with van der Waals surface area (Å²) in [5.41, 5.74) is 1.59. The third-order valence-electron chi connectivity index (χ3n) is 7.52. The summed E-state index contributed by atoms with van der Waals surface area (Å²) < 4.78 is 8.25. The van der Waals surface area contributed by atoms with E-state index in [1.165, 1.54) is 0 Å². The number of hydrogen-bond donors (Lipinski definition) is 2. The molecule has 2 unspecified atom stereocenters. The molecule has 2 N–H and O–H groups in total. The average Bonchev–Trinajstić information content (AvgIpc) is 3.35. The van der Waals surface area contributed by atoms with Crippen molar-refractivity contribution >= 4 is 43.7 Å². The number of hydrogen-bond acceptors (Lipinski definition) is 5. The monoisotopic (exact) mass is 668 g/mol. The van der Waals surface area contributed by atoms with E-state index in [4.69, 9.17) is 4.74 Å². The van der Waals surface area contributed by atoms with Crippen molar-refractivity contribution < 1.29 is 14.3 Å². The highest BCUT2D eigenvalue weighted by Gasteiger charge is 2.54. The first-order valence-electron chi connectivity index (χ1n) is 13.6. The molecule has 2 aliphatic rings. The highest BCUT2D eigenvalue weighted by Crippen LogP contribution is 2.44. The Bertz CT molecular complexity index is 1300. The number of para-hydroxylation sites is 1. The normalized spacial score (nSPS) is 22.9. The van der Waals surface area contributed by atoms with Crippen molar-refractivity contribution in [3.63, 3.8) is 0 Å². The van der Waals surface area contributed by atoms with Gasteiger partial charge in [-0.3, -0.25) is 20.2 Å². The molecule has 0 saturated carbocycles. The first-order chi connectivity index (χ1) is 19.2. The van der Waals surface area contributed by atoms with Crippen LogP contribution in [0.5, 0.6) is 5.75 Å². The van der Waals surface area contributed by atoms with Gasteiger partial charge in [0.1, 0.15) is 5.75 Å². The Morgan fingerprint density at radius 2 is 1.27 bits per heavy atom. The fourth-order valence-electron chi connectivity index (χ4n) is 5.56. The number of nitrogens with one attached hydrogen (secondary N) is 2. The minimum absolute atomic E-state index is 0.0280. The molecule has 5 rings (SSSR count). The number of piperazine rings is 1. The van der Waals surface area contributed by atoms with E-state index in [1.807, 2.05) is 67.3 Å². The van der Waals surface area contributed by atoms with Gasteiger partial charge in [-0.05, 0) is 55.3 Å². The number of carbonyl (C=O) groups excluding carboxylic acids is 2. The van der Waals surface area contributed by atoms with Gasteiger partial charge in [-0.25, -0.2) is 0 Å². The minimum atomic E-state index is -1.26. The number of ether oxygens (including phenoxy) is 1. The lowest BCUT2D eigenvalue weighted by molar-refractivity contribution is -0.144. The van der Waals surface area contributed by atoms with Crippen molar-refractivity contribution in [2.24, 2.45) is 0 Å². The number of nitrogens with zero attached hydrogens (tertiary/aromatic N) is 2. The van der Waals surface area contributed by atoms with E-state index < -0.39 is 5.66 Å². The largest absolute Gasteiger partial charge is 0.491 e. The predicted octanol–water partition coefficient (Wildman–Crippen LogP) is 5.52. The van der Waals surface area contributed by atoms with Crippen LogP contribution in [0.2, 0.25) is 0 Å². The molecule has 2 aliphatic heterocycles. The molecule has 9 heteroatoms. The van der Waals surface area contributed by atoms with Gasteiger partial charge >= 0.3 is 0 Å². The fourth-order valence-corrected chi connectivity index (χ4v) is 6.08. The highest BCUT2D eigenvalue weighted by atomic mass is 79.9. The Hall–Kier alpha value is -2.72. The summed E-state index contributed by atoms with van der Waals surface area (Å²) >= 11 is 7.11. The summed E-state index contributed by atoms with van der Waals surface area (Å²) in [6, 6.07) is 23.7. The Kier molecular flexibility index (Phi) is 8.66. The zero-order chi connectivity index (χ0) is 28.4. The van der Waals surface area contributed by atoms with Crippen molar-refractivity contribution in [2.75, 3.05) is 26.2 Å². The minimum Gasteiger partial charge on any atom is -0.491 e. The van der Waals surface area contributed by atoms with Crippen LogP contribution in [0.1, 0.15) is 49.5 Å². The first kappa shape index (κ1) is 28.8. The van der Waals surface area contributed by atoms with Gasteiger partial charge in [-0.15, -0.1) is 0 Å². The van der Waals surface area contributed by atoms with Crippen LogP contribution in [0.4, 0.5) is 0 Å². The molecule has 40 heavy (non-hydrogen) atoms. The van der Waals surface area contributed by atoms with E-state index in [0.717, 1.165) is 25.6 Å². The maximum Gasteiger partial charge on any atom is 0.262 e. The summed E-state index contributed by atoms with van der Waals surface area (Å²) in [5, 5.41) is 7.55. The Labute approximate surface area is 252 Å². The van der Waals surface area contributed by atoms with Crippen LogP contribution in [0.3, 0.4) is 0 Å². The smallest absolute Gasteiger partial charge is 0.262 e. The van der Waals surface area contributed by atoms with Crippen molar-refractivity contribution in [3.05, 3.63) is 98.4 Å². The molecular formula is C31H34Br2N4O3. The number of amides is 2. The van der Waals surface area contributed by atoms with Crippen LogP contribution in [-0.4, -0.2) is 53.9 Å². The molecule has 2 amide bonds. The SMILES string of the molecule is CC(=O)N1CCN(C(=O)C2(c3ccccc3OC(C)C)NC(c3ccc(Br)cc3)C(c3ccc(Br)cc3)N2)CC1. The predicted molar refractivity (Wildman–Crippen MR) is 163 cm³/mol. The molecule has 0 bridgehead atoms. The fraction of sp³-hybridized carbons (Fsp3) is 0.355. The molecule has 7 nitrogen and oxygen atoms in total. The molecule has 0 aromatic heterocycles. The lowest BCUT2D eigenvalue weighted by Crippen LogP contribution is -2.62. The zero-order valence-corrected chi connectivity index (χ0v) is 26.0. The van der Waals surface area contributed by atoms with Gasteiger partial charge in [0.2, 0.25) is 5.91 Å². The lowest BCUT2D eigenvalue weighted by Gasteiger charge is -2.40. The summed E-state index contributed by atoms with van der Waals surface area (Å²) in [7, 11) is 0. The summed E-state index contributed by atoms with van der Waals surface area (Å²) in [6.07, 6.45) is -0.0710. The summed E-state index contributed by atoms with van der Waals surface area (Å²) in [5.74, 6) is 0.594. The second-order valence-electron chi connectivity index (χ2n) is 10.6. The van der Waals surface area contributed by atoms with E-state index in [9.17, 15) is 9.59 Å². The number of benzene rings is 3. The maximum absolute atomic E-state index is 14.7. The molecule has 2 saturated heterocycles. The van der Waals surface area contributed by atoms with Gasteiger partial charge in [-0.2, -0.15) is 0 Å². The number of halogens is 2. The van der Waals surface area contributed by atoms with E-state index in [0.29, 0.717) is 31.9 Å². The van der Waals surface area contributed by atoms with Gasteiger partial charge in [0, 0.05) is 47.6 Å². The van der Waals surface area contributed by atoms with Crippen LogP contribution in [0.25, 0.3) is 0 Å². The number of rotatable bonds is 6. The maximum atomic E-state index is 14.7. The van der Waals surface area contributed by atoms with Crippen LogP contribution >= 0.6 is 31.9 Å². The highest BCUT2D eigenvalue weighted by molar-refractivity contribution is 9.10. The molecular weight excluding hydrogens is 636 g/mol. The molecule has 2 atom stereocenters. The van der Waals surface area contributed by atoms with Crippen LogP contribution in [0, 0.1) is 0 Å². The molecule has 0 aliphatic carbocycles. The zero-order valence-electron chi connectivity index (χ0n) is 22.9. The molecule has 2 fully saturated rings. The van der Waals surface area contributed by atoms with Gasteiger partial charge in [0.15, 0.2) is 5.66 Å². The van der Waals surface area contributed by atoms with Crippen molar-refractivity contribution in [1.29, 1.82) is 0 Å². The Morgan fingerprint density at radius 3 is 1.75 bits per heavy atom. The lowest BCUT2D eigenvalue weighted by atomic mass is 9.95. The van der Waals surface area contributed by atoms with Gasteiger partial charge < -0.3 is 14.5 Å². The molecule has 210 valence electrons. The number of carbonyl (C=O) groups is 2. The van der Waals surface area contributed by atoms with E-state index in [2.05, 4.69) is 66.8 Å². The summed E-state index contributed by atoms with van der Waals surface area (Å²) in [6.45, 7) is 7.48. The third kappa shape index (κ3) is 5.84. The van der Waals surface area contributed by atoms with Crippen LogP contribution in [-0.2, 0) is 15.3 Å². The molecule has 3 aromatic carbocycles. The van der Waals surface area contributed by atoms with Crippen molar-refractivity contribution in [2.45, 2.75) is 44.6 Å². The van der Waals surface area contributed by atoms with Gasteiger partial charge in [0.05, 0.1) is 18.2 Å². The molecule has 2 heterocycles. The second-order valence-corrected chi connectivity index (χ2v) is 12.4. The molecule has 0 radical (unpaired) electrons. The molecule has 3 aromatic rings. The van der Waals surface area contributed by atoms with E-state index in [1.54, 1.807) is 11.8 Å². The van der Waals surface area contributed by atoms with Crippen LogP contribution < -0.4 is 15.4 Å². The Morgan fingerprint density at radius 1 is 0.800 bits per heavy atom. The average molecular weight is 670 g/mol. The first-order valence-corrected chi connectivity index (χ1v) is 15.1. The Balaban J connectivity index is 1.63. The summed E-state index contributed by atoms with van der Waals surface area (Å²) in [4.78, 5) is 30.4. The standard InChI is InChI=1S/C31H34Br2N4O3/c1-20(2)40-27-7-5-4-6-26(27)31(30(39)37-18-16-36(17-19-37)21(3)38)34-28(22-8-12-24(32)13-9-22)29(35-31)23-10-14-25(33)15-11-23/h4-15,20,28-29,34-35H,16-19H2,1-3H3. The van der Waals surface area contributed by atoms with Crippen molar-refractivity contribution in [1.82, 2.24) is 20.4 Å². The van der Waals surface area contributed by atoms with Gasteiger partial charge in [0.25, 0.3) is 5.91 Å². The third-order valence-corrected chi connectivity index (χ3v) is 8.58. The van der Waals surface area contributed by atoms with Gasteiger partial charge in [-0.1, -0.05) is 74.3 Å². The van der Waals surface area contributed by atoms with Crippen molar-refractivity contribution in [3.8, 4) is 5.75 Å². The van der Waals surface area contributed by atoms with Crippen LogP contribution in [0.15, 0.2) is 81.7 Å². The second kappa shape index (κ2) is 12.0. The topological polar surface area (TPSA) is 73.9 Å². The quantitative estimate of drug-likeness (QED) is 0.362. The van der Waals surface area contributed by atoms with E-state index >= 15 is 0 Å². The van der Waals surface area contributed by atoms with E-state index in [-0.39, 0.29) is 30.0 Å². The molecule has 0 spiro atoms.